The molecule has 0 bridgehead atoms. The first-order valence-corrected chi connectivity index (χ1v) is 5.09. The molecular formula is C12H10F3N2O2+. The Morgan fingerprint density at radius 3 is 2.42 bits per heavy atom. The number of halogens is 3. The van der Waals surface area contributed by atoms with Gasteiger partial charge in [-0.25, -0.2) is 0 Å². The summed E-state index contributed by atoms with van der Waals surface area (Å²) in [7, 11) is 0. The lowest BCUT2D eigenvalue weighted by Crippen LogP contribution is -2.07. The van der Waals surface area contributed by atoms with Gasteiger partial charge < -0.3 is 5.11 Å². The number of aliphatic hydroxyl groups excluding tert-OH is 1. The van der Waals surface area contributed by atoms with Gasteiger partial charge in [0.15, 0.2) is 6.07 Å². The number of aliphatic hydroxyl groups is 1. The fraction of sp³-hybridized carbons (Fsp3) is 0.167. The largest absolute Gasteiger partial charge is 0.603 e. The maximum absolute atomic E-state index is 12.3. The molecule has 0 saturated heterocycles. The van der Waals surface area contributed by atoms with E-state index < -0.39 is 17.8 Å². The van der Waals surface area contributed by atoms with Crippen LogP contribution in [-0.4, -0.2) is 11.1 Å². The molecule has 0 heterocycles. The molecule has 19 heavy (non-hydrogen) atoms. The van der Waals surface area contributed by atoms with Crippen molar-refractivity contribution < 1.29 is 23.1 Å². The Bertz CT molecular complexity index is 551. The number of anilines is 1. The van der Waals surface area contributed by atoms with Gasteiger partial charge in [0.05, 0.1) is 17.4 Å². The molecule has 0 saturated carbocycles. The highest BCUT2D eigenvalue weighted by Gasteiger charge is 2.30. The second-order valence-corrected chi connectivity index (χ2v) is 3.54. The summed E-state index contributed by atoms with van der Waals surface area (Å²) in [5.74, 6) is 0. The van der Waals surface area contributed by atoms with Crippen LogP contribution in [0.25, 0.3) is 4.85 Å². The number of carbonyl (C=O) groups is 1. The molecule has 0 aromatic heterocycles. The fourth-order valence-corrected chi connectivity index (χ4v) is 1.06. The fourth-order valence-electron chi connectivity index (χ4n) is 1.06. The van der Waals surface area contributed by atoms with Gasteiger partial charge in [0.1, 0.15) is 5.69 Å². The summed E-state index contributed by atoms with van der Waals surface area (Å²) in [4.78, 5) is 14.6. The summed E-state index contributed by atoms with van der Waals surface area (Å²) < 4.78 is 36.9. The van der Waals surface area contributed by atoms with Crippen molar-refractivity contribution in [1.82, 2.24) is 0 Å². The van der Waals surface area contributed by atoms with E-state index >= 15 is 0 Å². The lowest BCUT2D eigenvalue weighted by atomic mass is 10.2. The molecule has 1 rings (SSSR count). The first kappa shape index (κ1) is 14.6. The van der Waals surface area contributed by atoms with Gasteiger partial charge in [-0.2, -0.15) is 23.3 Å². The smallest absolute Gasteiger partial charge is 0.514 e. The molecular weight excluding hydrogens is 261 g/mol. The third kappa shape index (κ3) is 4.71. The quantitative estimate of drug-likeness (QED) is 0.598. The summed E-state index contributed by atoms with van der Waals surface area (Å²) in [6.07, 6.45) is -3.70. The SMILES string of the molecule is CC(C#[N+]C(=O)Nc1ccc(C(F)(F)F)cc1)=CO. The summed E-state index contributed by atoms with van der Waals surface area (Å²) in [5.41, 5.74) is -0.392. The van der Waals surface area contributed by atoms with E-state index in [2.05, 4.69) is 16.2 Å². The number of allylic oxidation sites excluding steroid dienone is 1. The highest BCUT2D eigenvalue weighted by Crippen LogP contribution is 2.29. The first-order chi connectivity index (χ1) is 8.82. The van der Waals surface area contributed by atoms with E-state index in [1.165, 1.54) is 6.92 Å². The van der Waals surface area contributed by atoms with Gasteiger partial charge in [0.2, 0.25) is 0 Å². The normalized spacial score (nSPS) is 11.5. The highest BCUT2D eigenvalue weighted by molar-refractivity contribution is 5.97. The Hall–Kier alpha value is -2.49. The number of carbonyl (C=O) groups excluding carboxylic acids is 1. The number of benzene rings is 1. The van der Waals surface area contributed by atoms with Crippen molar-refractivity contribution in [2.24, 2.45) is 0 Å². The number of nitrogens with zero attached hydrogens (tertiary/aromatic N) is 1. The molecule has 0 spiro atoms. The Balaban J connectivity index is 2.73. The van der Waals surface area contributed by atoms with E-state index in [-0.39, 0.29) is 11.3 Å². The number of rotatable bonds is 1. The Morgan fingerprint density at radius 1 is 1.37 bits per heavy atom. The lowest BCUT2D eigenvalue weighted by molar-refractivity contribution is -0.137. The van der Waals surface area contributed by atoms with Crippen molar-refractivity contribution in [2.45, 2.75) is 13.1 Å². The lowest BCUT2D eigenvalue weighted by Gasteiger charge is -2.05. The third-order valence-electron chi connectivity index (χ3n) is 1.99. The van der Waals surface area contributed by atoms with Crippen LogP contribution < -0.4 is 5.32 Å². The van der Waals surface area contributed by atoms with E-state index in [1.54, 1.807) is 0 Å². The van der Waals surface area contributed by atoms with Crippen LogP contribution in [0.3, 0.4) is 0 Å². The molecule has 0 fully saturated rings. The van der Waals surface area contributed by atoms with Crippen molar-refractivity contribution in [3.63, 3.8) is 0 Å². The summed E-state index contributed by atoms with van der Waals surface area (Å²) in [5, 5.41) is 10.8. The van der Waals surface area contributed by atoms with Crippen molar-refractivity contribution >= 4 is 11.7 Å². The molecule has 1 aromatic rings. The van der Waals surface area contributed by atoms with E-state index in [4.69, 9.17) is 5.11 Å². The second-order valence-electron chi connectivity index (χ2n) is 3.54. The van der Waals surface area contributed by atoms with E-state index in [9.17, 15) is 18.0 Å². The van der Waals surface area contributed by atoms with Crippen molar-refractivity contribution in [1.29, 1.82) is 0 Å². The van der Waals surface area contributed by atoms with Gasteiger partial charge in [-0.05, 0) is 31.2 Å². The van der Waals surface area contributed by atoms with Crippen LogP contribution in [0.5, 0.6) is 0 Å². The average molecular weight is 271 g/mol. The van der Waals surface area contributed by atoms with E-state index in [0.717, 1.165) is 30.5 Å². The molecule has 0 radical (unpaired) electrons. The zero-order valence-electron chi connectivity index (χ0n) is 9.82. The zero-order valence-corrected chi connectivity index (χ0v) is 9.82. The van der Waals surface area contributed by atoms with Gasteiger partial charge >= 0.3 is 12.2 Å². The minimum atomic E-state index is -4.42. The third-order valence-corrected chi connectivity index (χ3v) is 1.99. The Labute approximate surface area is 107 Å². The predicted molar refractivity (Wildman–Crippen MR) is 64.1 cm³/mol. The van der Waals surface area contributed by atoms with Crippen LogP contribution in [0.1, 0.15) is 12.5 Å². The van der Waals surface area contributed by atoms with Crippen LogP contribution in [0.2, 0.25) is 0 Å². The summed E-state index contributed by atoms with van der Waals surface area (Å²) in [6.45, 7) is 1.47. The zero-order chi connectivity index (χ0) is 14.5. The number of hydrogen-bond donors (Lipinski definition) is 2. The Kier molecular flexibility index (Phi) is 4.53. The molecule has 0 atom stereocenters. The standard InChI is InChI=1S/C12H9F3N2O2/c1-8(7-18)6-16-11(19)17-10-4-2-9(3-5-10)12(13,14)15/h2-5,7H,1H3,(H,17,19)/p+1. The summed E-state index contributed by atoms with van der Waals surface area (Å²) in [6, 6.07) is 5.36. The van der Waals surface area contributed by atoms with Crippen LogP contribution in [0.4, 0.5) is 23.7 Å². The van der Waals surface area contributed by atoms with Crippen LogP contribution in [0.15, 0.2) is 36.1 Å². The number of amides is 2. The first-order valence-electron chi connectivity index (χ1n) is 5.09. The molecule has 2 N–H and O–H groups in total. The van der Waals surface area contributed by atoms with Crippen LogP contribution in [-0.2, 0) is 6.18 Å². The van der Waals surface area contributed by atoms with Gasteiger partial charge in [-0.3, -0.25) is 0 Å². The molecule has 100 valence electrons. The Morgan fingerprint density at radius 2 is 1.95 bits per heavy atom. The molecule has 0 unspecified atom stereocenters. The number of urea groups is 1. The van der Waals surface area contributed by atoms with Crippen molar-refractivity contribution in [3.8, 4) is 6.07 Å². The van der Waals surface area contributed by atoms with Gasteiger partial charge in [-0.15, -0.1) is 4.85 Å². The van der Waals surface area contributed by atoms with Crippen LogP contribution >= 0.6 is 0 Å². The summed E-state index contributed by atoms with van der Waals surface area (Å²) >= 11 is 0. The van der Waals surface area contributed by atoms with Gasteiger partial charge in [0, 0.05) is 0 Å². The van der Waals surface area contributed by atoms with E-state index in [1.807, 2.05) is 0 Å². The monoisotopic (exact) mass is 271 g/mol. The highest BCUT2D eigenvalue weighted by atomic mass is 19.4. The van der Waals surface area contributed by atoms with Crippen molar-refractivity contribution in [3.05, 3.63) is 46.5 Å². The number of hydrogen-bond acceptors (Lipinski definition) is 2. The van der Waals surface area contributed by atoms with Crippen molar-refractivity contribution in [2.75, 3.05) is 5.32 Å². The molecule has 0 aliphatic carbocycles. The maximum atomic E-state index is 12.3. The minimum Gasteiger partial charge on any atom is -0.514 e. The van der Waals surface area contributed by atoms with Gasteiger partial charge in [0.25, 0.3) is 0 Å². The van der Waals surface area contributed by atoms with Gasteiger partial charge in [-0.1, -0.05) is 0 Å². The van der Waals surface area contributed by atoms with E-state index in [0.29, 0.717) is 0 Å². The minimum absolute atomic E-state index is 0.175. The molecule has 7 heteroatoms. The molecule has 4 nitrogen and oxygen atoms in total. The second kappa shape index (κ2) is 5.91. The van der Waals surface area contributed by atoms with Crippen LogP contribution in [0, 0.1) is 6.07 Å². The maximum Gasteiger partial charge on any atom is 0.603 e. The number of nitrogens with one attached hydrogen (secondary N) is 1. The average Bonchev–Trinajstić information content (AvgIpc) is 2.35. The molecule has 0 aliphatic rings. The predicted octanol–water partition coefficient (Wildman–Crippen LogP) is 4.03. The molecule has 0 aliphatic heterocycles. The molecule has 2 amide bonds. The topological polar surface area (TPSA) is 53.7 Å². The number of alkyl halides is 3. The molecule has 1 aromatic carbocycles.